The van der Waals surface area contributed by atoms with Crippen LogP contribution < -0.4 is 9.47 Å². The SMILES string of the molecule is C=CC=O.COc1ccc(COc2ccc(C=O)cc2)cc1. The van der Waals surface area contributed by atoms with Gasteiger partial charge in [-0.15, -0.1) is 0 Å². The molecular weight excluding hydrogens is 280 g/mol. The van der Waals surface area contributed by atoms with E-state index in [0.717, 1.165) is 23.3 Å². The number of carbonyl (C=O) groups excluding carboxylic acids is 2. The van der Waals surface area contributed by atoms with Crippen LogP contribution in [0, 0.1) is 0 Å². The fourth-order valence-electron chi connectivity index (χ4n) is 1.53. The van der Waals surface area contributed by atoms with Crippen molar-refractivity contribution in [2.24, 2.45) is 0 Å². The number of allylic oxidation sites excluding steroid dienone is 1. The number of benzene rings is 2. The summed E-state index contributed by atoms with van der Waals surface area (Å²) >= 11 is 0. The van der Waals surface area contributed by atoms with Gasteiger partial charge in [0.25, 0.3) is 0 Å². The van der Waals surface area contributed by atoms with E-state index in [0.29, 0.717) is 18.5 Å². The molecule has 0 radical (unpaired) electrons. The molecule has 2 rings (SSSR count). The van der Waals surface area contributed by atoms with Crippen molar-refractivity contribution < 1.29 is 19.1 Å². The van der Waals surface area contributed by atoms with Crippen LogP contribution in [0.1, 0.15) is 15.9 Å². The molecule has 4 nitrogen and oxygen atoms in total. The first kappa shape index (κ1) is 17.2. The summed E-state index contributed by atoms with van der Waals surface area (Å²) in [6.45, 7) is 3.60. The number of carbonyl (C=O) groups is 2. The molecule has 0 bridgehead atoms. The quantitative estimate of drug-likeness (QED) is 0.605. The second-order valence-electron chi connectivity index (χ2n) is 4.20. The molecule has 0 aliphatic rings. The third-order valence-corrected chi connectivity index (χ3v) is 2.68. The minimum Gasteiger partial charge on any atom is -0.497 e. The Labute approximate surface area is 130 Å². The number of rotatable bonds is 6. The molecule has 114 valence electrons. The smallest absolute Gasteiger partial charge is 0.150 e. The highest BCUT2D eigenvalue weighted by Gasteiger charge is 1.97. The summed E-state index contributed by atoms with van der Waals surface area (Å²) in [6.07, 6.45) is 2.65. The van der Waals surface area contributed by atoms with Gasteiger partial charge in [0.05, 0.1) is 7.11 Å². The summed E-state index contributed by atoms with van der Waals surface area (Å²) in [4.78, 5) is 19.6. The highest BCUT2D eigenvalue weighted by atomic mass is 16.5. The zero-order valence-corrected chi connectivity index (χ0v) is 12.4. The molecule has 0 spiro atoms. The Bertz CT molecular complexity index is 579. The zero-order chi connectivity index (χ0) is 16.2. The normalized spacial score (nSPS) is 8.95. The third kappa shape index (κ3) is 6.05. The Kier molecular flexibility index (Phi) is 7.76. The molecule has 0 aromatic heterocycles. The maximum absolute atomic E-state index is 10.5. The van der Waals surface area contributed by atoms with Crippen molar-refractivity contribution in [3.05, 3.63) is 72.3 Å². The van der Waals surface area contributed by atoms with E-state index in [1.165, 1.54) is 6.08 Å². The molecule has 2 aromatic carbocycles. The minimum absolute atomic E-state index is 0.491. The van der Waals surface area contributed by atoms with Crippen LogP contribution in [-0.2, 0) is 11.4 Å². The number of methoxy groups -OCH3 is 1. The van der Waals surface area contributed by atoms with Gasteiger partial charge in [-0.1, -0.05) is 18.7 Å². The Morgan fingerprint density at radius 2 is 1.50 bits per heavy atom. The predicted molar refractivity (Wildman–Crippen MR) is 85.4 cm³/mol. The van der Waals surface area contributed by atoms with Crippen LogP contribution >= 0.6 is 0 Å². The van der Waals surface area contributed by atoms with Crippen LogP contribution in [0.25, 0.3) is 0 Å². The molecule has 0 atom stereocenters. The first-order valence-electron chi connectivity index (χ1n) is 6.60. The molecule has 0 aliphatic carbocycles. The van der Waals surface area contributed by atoms with Crippen LogP contribution in [-0.4, -0.2) is 19.7 Å². The standard InChI is InChI=1S/C15H14O3.C3H4O/c1-17-14-6-4-13(5-7-14)11-18-15-8-2-12(10-16)3-9-15;1-2-3-4/h2-10H,11H2,1H3;2-3H,1H2. The van der Waals surface area contributed by atoms with E-state index in [2.05, 4.69) is 6.58 Å². The average Bonchev–Trinajstić information content (AvgIpc) is 2.61. The molecule has 2 aromatic rings. The lowest BCUT2D eigenvalue weighted by Gasteiger charge is -2.07. The van der Waals surface area contributed by atoms with Gasteiger partial charge in [0.15, 0.2) is 0 Å². The number of aldehydes is 2. The van der Waals surface area contributed by atoms with Gasteiger partial charge in [-0.3, -0.25) is 9.59 Å². The number of ether oxygens (including phenoxy) is 2. The second-order valence-corrected chi connectivity index (χ2v) is 4.20. The molecular formula is C18H18O4. The Morgan fingerprint density at radius 3 is 1.95 bits per heavy atom. The highest BCUT2D eigenvalue weighted by Crippen LogP contribution is 2.15. The van der Waals surface area contributed by atoms with Crippen molar-refractivity contribution in [3.8, 4) is 11.5 Å². The van der Waals surface area contributed by atoms with E-state index in [1.54, 1.807) is 31.4 Å². The summed E-state index contributed by atoms with van der Waals surface area (Å²) in [5.41, 5.74) is 1.71. The van der Waals surface area contributed by atoms with Crippen molar-refractivity contribution in [3.63, 3.8) is 0 Å². The first-order chi connectivity index (χ1) is 10.7. The Hall–Kier alpha value is -2.88. The van der Waals surface area contributed by atoms with Gasteiger partial charge >= 0.3 is 0 Å². The summed E-state index contributed by atoms with van der Waals surface area (Å²) in [5, 5.41) is 0. The van der Waals surface area contributed by atoms with Gasteiger partial charge in [-0.05, 0) is 48.0 Å². The molecule has 4 heteroatoms. The van der Waals surface area contributed by atoms with Crippen LogP contribution in [0.5, 0.6) is 11.5 Å². The Morgan fingerprint density at radius 1 is 0.955 bits per heavy atom. The molecule has 0 amide bonds. The maximum Gasteiger partial charge on any atom is 0.150 e. The lowest BCUT2D eigenvalue weighted by Crippen LogP contribution is -1.95. The van der Waals surface area contributed by atoms with Crippen molar-refractivity contribution in [1.82, 2.24) is 0 Å². The molecule has 0 saturated carbocycles. The molecule has 0 heterocycles. The summed E-state index contributed by atoms with van der Waals surface area (Å²) in [7, 11) is 1.64. The maximum atomic E-state index is 10.5. The molecule has 0 aliphatic heterocycles. The zero-order valence-electron chi connectivity index (χ0n) is 12.4. The summed E-state index contributed by atoms with van der Waals surface area (Å²) in [5.74, 6) is 1.57. The summed E-state index contributed by atoms with van der Waals surface area (Å²) < 4.78 is 10.7. The van der Waals surface area contributed by atoms with E-state index in [-0.39, 0.29) is 0 Å². The van der Waals surface area contributed by atoms with Crippen molar-refractivity contribution in [2.45, 2.75) is 6.61 Å². The van der Waals surface area contributed by atoms with Crippen LogP contribution in [0.15, 0.2) is 61.2 Å². The van der Waals surface area contributed by atoms with Crippen LogP contribution in [0.2, 0.25) is 0 Å². The molecule has 0 unspecified atom stereocenters. The largest absolute Gasteiger partial charge is 0.497 e. The average molecular weight is 298 g/mol. The number of hydrogen-bond acceptors (Lipinski definition) is 4. The molecule has 0 N–H and O–H groups in total. The number of hydrogen-bond donors (Lipinski definition) is 0. The summed E-state index contributed by atoms with van der Waals surface area (Å²) in [6, 6.07) is 14.7. The van der Waals surface area contributed by atoms with Crippen molar-refractivity contribution in [1.29, 1.82) is 0 Å². The van der Waals surface area contributed by atoms with Gasteiger partial charge in [-0.25, -0.2) is 0 Å². The van der Waals surface area contributed by atoms with Gasteiger partial charge in [0.1, 0.15) is 30.7 Å². The van der Waals surface area contributed by atoms with E-state index < -0.39 is 0 Å². The van der Waals surface area contributed by atoms with E-state index in [9.17, 15) is 4.79 Å². The molecule has 0 fully saturated rings. The van der Waals surface area contributed by atoms with E-state index >= 15 is 0 Å². The minimum atomic E-state index is 0.491. The monoisotopic (exact) mass is 298 g/mol. The van der Waals surface area contributed by atoms with Crippen molar-refractivity contribution in [2.75, 3.05) is 7.11 Å². The predicted octanol–water partition coefficient (Wildman–Crippen LogP) is 3.46. The van der Waals surface area contributed by atoms with E-state index in [1.807, 2.05) is 24.3 Å². The molecule has 22 heavy (non-hydrogen) atoms. The highest BCUT2D eigenvalue weighted by molar-refractivity contribution is 5.74. The van der Waals surface area contributed by atoms with E-state index in [4.69, 9.17) is 14.3 Å². The van der Waals surface area contributed by atoms with Crippen molar-refractivity contribution >= 4 is 12.6 Å². The first-order valence-corrected chi connectivity index (χ1v) is 6.60. The van der Waals surface area contributed by atoms with Gasteiger partial charge in [-0.2, -0.15) is 0 Å². The fraction of sp³-hybridized carbons (Fsp3) is 0.111. The van der Waals surface area contributed by atoms with Crippen LogP contribution in [0.3, 0.4) is 0 Å². The third-order valence-electron chi connectivity index (χ3n) is 2.68. The second kappa shape index (κ2) is 9.94. The topological polar surface area (TPSA) is 52.6 Å². The lowest BCUT2D eigenvalue weighted by atomic mass is 10.2. The Balaban J connectivity index is 0.000000541. The van der Waals surface area contributed by atoms with Gasteiger partial charge < -0.3 is 9.47 Å². The van der Waals surface area contributed by atoms with Crippen LogP contribution in [0.4, 0.5) is 0 Å². The van der Waals surface area contributed by atoms with Gasteiger partial charge in [0.2, 0.25) is 0 Å². The fourth-order valence-corrected chi connectivity index (χ4v) is 1.53. The van der Waals surface area contributed by atoms with Gasteiger partial charge in [0, 0.05) is 5.56 Å². The molecule has 0 saturated heterocycles. The lowest BCUT2D eigenvalue weighted by molar-refractivity contribution is -0.104.